The van der Waals surface area contributed by atoms with E-state index in [0.29, 0.717) is 0 Å². The monoisotopic (exact) mass is 175 g/mol. The molecule has 2 rings (SSSR count). The maximum atomic E-state index is 3.48. The maximum absolute atomic E-state index is 3.48. The zero-order chi connectivity index (χ0) is 9.10. The van der Waals surface area contributed by atoms with Gasteiger partial charge in [-0.3, -0.25) is 0 Å². The summed E-state index contributed by atoms with van der Waals surface area (Å²) in [5.74, 6) is 1.55. The van der Waals surface area contributed by atoms with Gasteiger partial charge in [-0.1, -0.05) is 37.3 Å². The molecule has 0 radical (unpaired) electrons. The minimum atomic E-state index is 0.727. The van der Waals surface area contributed by atoms with Crippen LogP contribution in [-0.4, -0.2) is 13.1 Å². The highest BCUT2D eigenvalue weighted by Gasteiger charge is 2.19. The molecule has 2 atom stereocenters. The molecule has 1 aromatic carbocycles. The highest BCUT2D eigenvalue weighted by atomic mass is 14.9. The van der Waals surface area contributed by atoms with Crippen LogP contribution in [-0.2, 0) is 0 Å². The van der Waals surface area contributed by atoms with Crippen LogP contribution in [0.1, 0.15) is 24.8 Å². The van der Waals surface area contributed by atoms with Crippen molar-refractivity contribution in [2.24, 2.45) is 5.92 Å². The van der Waals surface area contributed by atoms with E-state index in [1.54, 1.807) is 0 Å². The van der Waals surface area contributed by atoms with E-state index in [4.69, 9.17) is 0 Å². The van der Waals surface area contributed by atoms with Crippen LogP contribution in [0, 0.1) is 5.92 Å². The van der Waals surface area contributed by atoms with Crippen molar-refractivity contribution >= 4 is 0 Å². The molecule has 0 unspecified atom stereocenters. The molecule has 1 aliphatic heterocycles. The van der Waals surface area contributed by atoms with Crippen LogP contribution in [0.5, 0.6) is 0 Å². The Labute approximate surface area is 80.2 Å². The maximum Gasteiger partial charge on any atom is 0.00203 e. The van der Waals surface area contributed by atoms with Gasteiger partial charge in [0.15, 0.2) is 0 Å². The van der Waals surface area contributed by atoms with E-state index in [9.17, 15) is 0 Å². The van der Waals surface area contributed by atoms with Gasteiger partial charge in [0.2, 0.25) is 0 Å². The first-order valence-electron chi connectivity index (χ1n) is 5.12. The van der Waals surface area contributed by atoms with Crippen LogP contribution in [0.25, 0.3) is 0 Å². The molecule has 0 saturated carbocycles. The summed E-state index contributed by atoms with van der Waals surface area (Å²) in [5, 5.41) is 3.48. The Hall–Kier alpha value is -0.820. The number of hydrogen-bond donors (Lipinski definition) is 1. The molecular weight excluding hydrogens is 158 g/mol. The molecule has 70 valence electrons. The van der Waals surface area contributed by atoms with Crippen molar-refractivity contribution in [3.8, 4) is 0 Å². The van der Waals surface area contributed by atoms with Crippen LogP contribution >= 0.6 is 0 Å². The second-order valence-corrected chi connectivity index (χ2v) is 4.11. The van der Waals surface area contributed by atoms with E-state index < -0.39 is 0 Å². The van der Waals surface area contributed by atoms with Gasteiger partial charge in [0.05, 0.1) is 0 Å². The topological polar surface area (TPSA) is 12.0 Å². The zero-order valence-corrected chi connectivity index (χ0v) is 8.16. The van der Waals surface area contributed by atoms with Gasteiger partial charge in [0.25, 0.3) is 0 Å². The van der Waals surface area contributed by atoms with Crippen molar-refractivity contribution in [3.05, 3.63) is 35.9 Å². The van der Waals surface area contributed by atoms with Gasteiger partial charge in [-0.05, 0) is 30.4 Å². The molecule has 1 fully saturated rings. The van der Waals surface area contributed by atoms with E-state index in [1.807, 2.05) is 0 Å². The van der Waals surface area contributed by atoms with Crippen LogP contribution in [0.4, 0.5) is 0 Å². The number of benzene rings is 1. The van der Waals surface area contributed by atoms with E-state index in [1.165, 1.54) is 18.5 Å². The van der Waals surface area contributed by atoms with Crippen molar-refractivity contribution in [1.82, 2.24) is 5.32 Å². The number of hydrogen-bond acceptors (Lipinski definition) is 1. The summed E-state index contributed by atoms with van der Waals surface area (Å²) in [4.78, 5) is 0. The zero-order valence-electron chi connectivity index (χ0n) is 8.16. The summed E-state index contributed by atoms with van der Waals surface area (Å²) in [6.45, 7) is 4.65. The molecule has 1 heteroatoms. The third kappa shape index (κ3) is 2.10. The lowest BCUT2D eigenvalue weighted by Gasteiger charge is -2.27. The van der Waals surface area contributed by atoms with Gasteiger partial charge in [0, 0.05) is 6.54 Å². The second kappa shape index (κ2) is 3.93. The van der Waals surface area contributed by atoms with Crippen LogP contribution < -0.4 is 5.32 Å². The summed E-state index contributed by atoms with van der Waals surface area (Å²) in [5.41, 5.74) is 1.49. The van der Waals surface area contributed by atoms with Gasteiger partial charge in [-0.2, -0.15) is 0 Å². The first-order chi connectivity index (χ1) is 6.36. The van der Waals surface area contributed by atoms with Gasteiger partial charge in [-0.25, -0.2) is 0 Å². The van der Waals surface area contributed by atoms with E-state index in [2.05, 4.69) is 42.6 Å². The lowest BCUT2D eigenvalue weighted by Crippen LogP contribution is -2.33. The Morgan fingerprint density at radius 1 is 1.15 bits per heavy atom. The summed E-state index contributed by atoms with van der Waals surface area (Å²) in [6, 6.07) is 10.8. The van der Waals surface area contributed by atoms with Crippen LogP contribution in [0.3, 0.4) is 0 Å². The Kier molecular flexibility index (Phi) is 2.65. The first-order valence-corrected chi connectivity index (χ1v) is 5.12. The molecular formula is C12H17N. The third-order valence-electron chi connectivity index (χ3n) is 2.84. The smallest absolute Gasteiger partial charge is 0.00203 e. The third-order valence-corrected chi connectivity index (χ3v) is 2.84. The summed E-state index contributed by atoms with van der Waals surface area (Å²) >= 11 is 0. The standard InChI is InChI=1S/C12H17N/c1-10-7-12(9-13-8-10)11-5-3-2-4-6-11/h2-6,10,12-13H,7-9H2,1H3/t10-,12-/m0/s1. The van der Waals surface area contributed by atoms with E-state index in [0.717, 1.165) is 18.4 Å². The van der Waals surface area contributed by atoms with Crippen molar-refractivity contribution < 1.29 is 0 Å². The number of rotatable bonds is 1. The number of nitrogens with one attached hydrogen (secondary N) is 1. The van der Waals surface area contributed by atoms with Crippen LogP contribution in [0.15, 0.2) is 30.3 Å². The van der Waals surface area contributed by atoms with E-state index >= 15 is 0 Å². The normalized spacial score (nSPS) is 28.7. The largest absolute Gasteiger partial charge is 0.316 e. The average molecular weight is 175 g/mol. The predicted molar refractivity (Wildman–Crippen MR) is 55.8 cm³/mol. The fourth-order valence-electron chi connectivity index (χ4n) is 2.14. The summed E-state index contributed by atoms with van der Waals surface area (Å²) < 4.78 is 0. The molecule has 0 amide bonds. The fraction of sp³-hybridized carbons (Fsp3) is 0.500. The van der Waals surface area contributed by atoms with E-state index in [-0.39, 0.29) is 0 Å². The molecule has 13 heavy (non-hydrogen) atoms. The fourth-order valence-corrected chi connectivity index (χ4v) is 2.14. The molecule has 0 spiro atoms. The summed E-state index contributed by atoms with van der Waals surface area (Å²) in [6.07, 6.45) is 1.33. The molecule has 0 aromatic heterocycles. The van der Waals surface area contributed by atoms with Gasteiger partial charge < -0.3 is 5.32 Å². The highest BCUT2D eigenvalue weighted by Crippen LogP contribution is 2.25. The van der Waals surface area contributed by atoms with Crippen molar-refractivity contribution in [2.75, 3.05) is 13.1 Å². The van der Waals surface area contributed by atoms with Gasteiger partial charge in [-0.15, -0.1) is 0 Å². The molecule has 0 aliphatic carbocycles. The number of piperidine rings is 1. The summed E-state index contributed by atoms with van der Waals surface area (Å²) in [7, 11) is 0. The van der Waals surface area contributed by atoms with Gasteiger partial charge in [0.1, 0.15) is 0 Å². The van der Waals surface area contributed by atoms with Crippen molar-refractivity contribution in [3.63, 3.8) is 0 Å². The average Bonchev–Trinajstić information content (AvgIpc) is 2.19. The molecule has 1 heterocycles. The minimum absolute atomic E-state index is 0.727. The minimum Gasteiger partial charge on any atom is -0.316 e. The molecule has 1 aliphatic rings. The molecule has 1 saturated heterocycles. The van der Waals surface area contributed by atoms with Crippen molar-refractivity contribution in [2.45, 2.75) is 19.3 Å². The SMILES string of the molecule is C[C@@H]1CNC[C@@H](c2ccccc2)C1. The highest BCUT2D eigenvalue weighted by molar-refractivity contribution is 5.20. The lowest BCUT2D eigenvalue weighted by atomic mass is 9.87. The Morgan fingerprint density at radius 3 is 2.62 bits per heavy atom. The Balaban J connectivity index is 2.08. The predicted octanol–water partition coefficient (Wildman–Crippen LogP) is 2.40. The molecule has 0 bridgehead atoms. The van der Waals surface area contributed by atoms with Crippen LogP contribution in [0.2, 0.25) is 0 Å². The quantitative estimate of drug-likeness (QED) is 0.691. The molecule has 1 N–H and O–H groups in total. The lowest BCUT2D eigenvalue weighted by molar-refractivity contribution is 0.364. The van der Waals surface area contributed by atoms with Gasteiger partial charge >= 0.3 is 0 Å². The first kappa shape index (κ1) is 8.76. The Morgan fingerprint density at radius 2 is 1.92 bits per heavy atom. The molecule has 1 nitrogen and oxygen atoms in total. The second-order valence-electron chi connectivity index (χ2n) is 4.11. The molecule has 1 aromatic rings. The Bertz CT molecular complexity index is 255. The van der Waals surface area contributed by atoms with Crippen molar-refractivity contribution in [1.29, 1.82) is 0 Å².